The maximum atomic E-state index is 12.0. The molecule has 1 aliphatic rings. The van der Waals surface area contributed by atoms with Gasteiger partial charge in [-0.25, -0.2) is 0 Å². The Hall–Kier alpha value is -0.610. The number of carboxylic acids is 1. The van der Waals surface area contributed by atoms with Crippen molar-refractivity contribution in [3.05, 3.63) is 0 Å². The highest BCUT2D eigenvalue weighted by Gasteiger charge is 2.41. The van der Waals surface area contributed by atoms with Crippen molar-refractivity contribution in [1.82, 2.24) is 0 Å². The smallest absolute Gasteiger partial charge is 0.309 e. The number of unbranched alkanes of at least 4 members (excludes halogenated alkanes) is 65. The Labute approximate surface area is 536 Å². The molecule has 85 heavy (non-hydrogen) atoms. The van der Waals surface area contributed by atoms with Gasteiger partial charge in [0, 0.05) is 0 Å². The van der Waals surface area contributed by atoms with E-state index in [4.69, 9.17) is 4.74 Å². The molecule has 0 aromatic rings. The van der Waals surface area contributed by atoms with Crippen LogP contribution in [0.1, 0.15) is 483 Å². The fourth-order valence-corrected chi connectivity index (χ4v) is 14.4. The minimum absolute atomic E-state index is 0.583. The first-order chi connectivity index (χ1) is 42.0. The van der Waals surface area contributed by atoms with Crippen LogP contribution < -0.4 is 0 Å². The molecule has 0 aromatic carbocycles. The van der Waals surface area contributed by atoms with E-state index in [-0.39, 0.29) is 0 Å². The minimum atomic E-state index is -0.799. The van der Waals surface area contributed by atoms with Crippen molar-refractivity contribution in [2.75, 3.05) is 0 Å². The summed E-state index contributed by atoms with van der Waals surface area (Å²) in [5.74, 6) is -0.611. The molecule has 508 valence electrons. The standard InChI is InChI=1S/C81H160O4/c1-4-6-8-10-12-14-16-18-20-22-23-24-35-38-41-45-49-53-57-61-65-69-73-77(81(83)84)78(82)74-70-66-62-58-54-50-46-42-39-36-33-31-29-27-25-26-28-30-32-34-37-40-43-47-51-55-59-63-67-71-75-79-80(85-79)76(3)72-68-64-60-56-52-48-44-21-19-17-15-13-11-9-7-5-2/h76-80,82H,4-75H2,1-3H3,(H,83,84). The highest BCUT2D eigenvalue weighted by Crippen LogP contribution is 2.36. The van der Waals surface area contributed by atoms with Crippen LogP contribution in [-0.2, 0) is 9.53 Å². The van der Waals surface area contributed by atoms with Gasteiger partial charge < -0.3 is 14.9 Å². The highest BCUT2D eigenvalue weighted by atomic mass is 16.6. The summed E-state index contributed by atoms with van der Waals surface area (Å²) in [5.41, 5.74) is 0. The predicted molar refractivity (Wildman–Crippen MR) is 379 cm³/mol. The van der Waals surface area contributed by atoms with Gasteiger partial charge in [-0.15, -0.1) is 0 Å². The van der Waals surface area contributed by atoms with Gasteiger partial charge in [-0.1, -0.05) is 457 Å². The molecule has 0 aliphatic carbocycles. The molecule has 2 N–H and O–H groups in total. The Balaban J connectivity index is 1.72. The predicted octanol–water partition coefficient (Wildman–Crippen LogP) is 28.6. The number of aliphatic hydroxyl groups is 1. The van der Waals surface area contributed by atoms with Crippen molar-refractivity contribution < 1.29 is 19.7 Å². The Kier molecular flexibility index (Phi) is 67.2. The average molecular weight is 1200 g/mol. The summed E-state index contributed by atoms with van der Waals surface area (Å²) in [7, 11) is 0. The molecule has 4 nitrogen and oxygen atoms in total. The van der Waals surface area contributed by atoms with Gasteiger partial charge in [-0.2, -0.15) is 0 Å². The summed E-state index contributed by atoms with van der Waals surface area (Å²) in [5, 5.41) is 20.5. The SMILES string of the molecule is CCCCCCCCCCCCCCCCCCCCCCCCC(C(=O)O)C(O)CCCCCCCCCCCCCCCCCCCCCCCCCCCCCCCCC1OC1C(C)CCCCCCCCCCCCCCCCCC. The second kappa shape index (κ2) is 69.3. The lowest BCUT2D eigenvalue weighted by Crippen LogP contribution is -2.28. The van der Waals surface area contributed by atoms with Gasteiger partial charge in [-0.3, -0.25) is 4.79 Å². The number of aliphatic hydroxyl groups excluding tert-OH is 1. The zero-order chi connectivity index (χ0) is 61.1. The number of hydrogen-bond acceptors (Lipinski definition) is 3. The summed E-state index contributed by atoms with van der Waals surface area (Å²) in [4.78, 5) is 12.0. The second-order valence-electron chi connectivity index (χ2n) is 29.1. The largest absolute Gasteiger partial charge is 0.481 e. The van der Waals surface area contributed by atoms with E-state index in [1.54, 1.807) is 0 Å². The van der Waals surface area contributed by atoms with Gasteiger partial charge in [0.2, 0.25) is 0 Å². The Morgan fingerprint density at radius 1 is 0.282 bits per heavy atom. The molecule has 5 unspecified atom stereocenters. The van der Waals surface area contributed by atoms with Crippen LogP contribution in [0.5, 0.6) is 0 Å². The summed E-state index contributed by atoms with van der Waals surface area (Å²) in [6.45, 7) is 7.06. The summed E-state index contributed by atoms with van der Waals surface area (Å²) >= 11 is 0. The first-order valence-electron chi connectivity index (χ1n) is 40.6. The Morgan fingerprint density at radius 2 is 0.471 bits per heavy atom. The number of carboxylic acid groups (broad SMARTS) is 1. The van der Waals surface area contributed by atoms with Crippen LogP contribution in [-0.4, -0.2) is 34.5 Å². The molecule has 0 amide bonds. The van der Waals surface area contributed by atoms with Gasteiger partial charge in [0.05, 0.1) is 24.2 Å². The van der Waals surface area contributed by atoms with Crippen LogP contribution in [0.4, 0.5) is 0 Å². The van der Waals surface area contributed by atoms with Crippen LogP contribution in [0.25, 0.3) is 0 Å². The van der Waals surface area contributed by atoms with Crippen molar-refractivity contribution in [2.45, 2.75) is 501 Å². The third kappa shape index (κ3) is 62.0. The minimum Gasteiger partial charge on any atom is -0.481 e. The lowest BCUT2D eigenvalue weighted by molar-refractivity contribution is -0.146. The quantitative estimate of drug-likeness (QED) is 0.0470. The molecule has 0 bridgehead atoms. The summed E-state index contributed by atoms with van der Waals surface area (Å²) in [6.07, 6.45) is 99.7. The topological polar surface area (TPSA) is 70.1 Å². The lowest BCUT2D eigenvalue weighted by Gasteiger charge is -2.19. The summed E-state index contributed by atoms with van der Waals surface area (Å²) in [6, 6.07) is 0. The van der Waals surface area contributed by atoms with Gasteiger partial charge in [0.15, 0.2) is 0 Å². The zero-order valence-electron chi connectivity index (χ0n) is 59.0. The highest BCUT2D eigenvalue weighted by molar-refractivity contribution is 5.70. The van der Waals surface area contributed by atoms with Crippen molar-refractivity contribution in [1.29, 1.82) is 0 Å². The molecular formula is C81H160O4. The fourth-order valence-electron chi connectivity index (χ4n) is 14.4. The van der Waals surface area contributed by atoms with E-state index in [1.165, 1.54) is 424 Å². The van der Waals surface area contributed by atoms with Gasteiger partial charge >= 0.3 is 5.97 Å². The van der Waals surface area contributed by atoms with E-state index < -0.39 is 18.0 Å². The van der Waals surface area contributed by atoms with Crippen molar-refractivity contribution in [2.24, 2.45) is 11.8 Å². The molecule has 1 aliphatic heterocycles. The van der Waals surface area contributed by atoms with Crippen LogP contribution in [0.15, 0.2) is 0 Å². The van der Waals surface area contributed by atoms with Gasteiger partial charge in [0.25, 0.3) is 0 Å². The second-order valence-corrected chi connectivity index (χ2v) is 29.1. The van der Waals surface area contributed by atoms with Gasteiger partial charge in [-0.05, 0) is 31.6 Å². The zero-order valence-corrected chi connectivity index (χ0v) is 59.0. The third-order valence-electron chi connectivity index (χ3n) is 20.6. The van der Waals surface area contributed by atoms with E-state index >= 15 is 0 Å². The van der Waals surface area contributed by atoms with Crippen molar-refractivity contribution >= 4 is 5.97 Å². The Morgan fingerprint density at radius 3 is 0.694 bits per heavy atom. The third-order valence-corrected chi connectivity index (χ3v) is 20.6. The lowest BCUT2D eigenvalue weighted by atomic mass is 9.91. The normalized spacial score (nSPS) is 15.3. The van der Waals surface area contributed by atoms with E-state index in [0.717, 1.165) is 31.6 Å². The van der Waals surface area contributed by atoms with E-state index in [2.05, 4.69) is 20.8 Å². The molecule has 0 radical (unpaired) electrons. The molecule has 4 heteroatoms. The first-order valence-corrected chi connectivity index (χ1v) is 40.6. The Bertz CT molecular complexity index is 1250. The molecule has 1 rings (SSSR count). The first kappa shape index (κ1) is 82.4. The monoisotopic (exact) mass is 1200 g/mol. The van der Waals surface area contributed by atoms with Crippen LogP contribution >= 0.6 is 0 Å². The number of hydrogen-bond donors (Lipinski definition) is 2. The van der Waals surface area contributed by atoms with Crippen molar-refractivity contribution in [3.63, 3.8) is 0 Å². The average Bonchev–Trinajstić information content (AvgIpc) is 4.50. The number of ether oxygens (including phenoxy) is 1. The molecule has 1 fully saturated rings. The molecule has 0 saturated carbocycles. The van der Waals surface area contributed by atoms with Crippen molar-refractivity contribution in [3.8, 4) is 0 Å². The van der Waals surface area contributed by atoms with Crippen LogP contribution in [0, 0.1) is 11.8 Å². The maximum absolute atomic E-state index is 12.0. The van der Waals surface area contributed by atoms with Gasteiger partial charge in [0.1, 0.15) is 0 Å². The summed E-state index contributed by atoms with van der Waals surface area (Å²) < 4.78 is 6.14. The molecule has 1 heterocycles. The fraction of sp³-hybridized carbons (Fsp3) is 0.988. The van der Waals surface area contributed by atoms with E-state index in [9.17, 15) is 15.0 Å². The van der Waals surface area contributed by atoms with E-state index in [0.29, 0.717) is 25.0 Å². The molecule has 0 aromatic heterocycles. The number of epoxide rings is 1. The number of aliphatic carboxylic acids is 1. The molecular weight excluding hydrogens is 1040 g/mol. The molecule has 1 saturated heterocycles. The van der Waals surface area contributed by atoms with E-state index in [1.807, 2.05) is 0 Å². The molecule has 0 spiro atoms. The maximum Gasteiger partial charge on any atom is 0.309 e. The number of rotatable bonds is 76. The van der Waals surface area contributed by atoms with Crippen LogP contribution in [0.2, 0.25) is 0 Å². The van der Waals surface area contributed by atoms with Crippen LogP contribution in [0.3, 0.4) is 0 Å². The number of carbonyl (C=O) groups is 1. The molecule has 5 atom stereocenters.